The van der Waals surface area contributed by atoms with Gasteiger partial charge in [-0.2, -0.15) is 0 Å². The molecule has 0 saturated heterocycles. The molecule has 0 radical (unpaired) electrons. The van der Waals surface area contributed by atoms with Crippen molar-refractivity contribution < 1.29 is 4.74 Å². The zero-order valence-electron chi connectivity index (χ0n) is 7.51. The minimum absolute atomic E-state index is 0.109. The normalized spacial score (nSPS) is 20.7. The molecule has 70 valence electrons. The first-order chi connectivity index (χ1) is 6.20. The smallest absolute Gasteiger partial charge is 0.128 e. The summed E-state index contributed by atoms with van der Waals surface area (Å²) in [5.74, 6) is 0.966. The molecule has 1 aromatic carbocycles. The summed E-state index contributed by atoms with van der Waals surface area (Å²) < 4.78 is 6.65. The van der Waals surface area contributed by atoms with Gasteiger partial charge in [0.2, 0.25) is 0 Å². The monoisotopic (exact) mass is 241 g/mol. The maximum absolute atomic E-state index is 6.01. The van der Waals surface area contributed by atoms with Gasteiger partial charge in [-0.1, -0.05) is 22.0 Å². The molecule has 0 spiro atoms. The number of benzene rings is 1. The van der Waals surface area contributed by atoms with Crippen LogP contribution < -0.4 is 10.5 Å². The van der Waals surface area contributed by atoms with Crippen LogP contribution in [0, 0.1) is 6.92 Å². The molecule has 0 amide bonds. The largest absolute Gasteiger partial charge is 0.493 e. The Balaban J connectivity index is 2.60. The predicted octanol–water partition coefficient (Wildman–Crippen LogP) is 2.54. The second kappa shape index (κ2) is 3.31. The Hall–Kier alpha value is -0.540. The molecule has 1 aliphatic heterocycles. The molecule has 13 heavy (non-hydrogen) atoms. The number of aryl methyl sites for hydroxylation is 1. The van der Waals surface area contributed by atoms with Crippen molar-refractivity contribution in [3.05, 3.63) is 27.7 Å². The topological polar surface area (TPSA) is 35.2 Å². The number of ether oxygens (including phenoxy) is 1. The van der Waals surface area contributed by atoms with Gasteiger partial charge in [0, 0.05) is 22.5 Å². The van der Waals surface area contributed by atoms with Crippen LogP contribution in [0.3, 0.4) is 0 Å². The third kappa shape index (κ3) is 1.46. The van der Waals surface area contributed by atoms with E-state index in [0.717, 1.165) is 34.4 Å². The average molecular weight is 242 g/mol. The molecular formula is C10H12BrNO. The van der Waals surface area contributed by atoms with Crippen LogP contribution >= 0.6 is 15.9 Å². The van der Waals surface area contributed by atoms with Crippen molar-refractivity contribution in [1.29, 1.82) is 0 Å². The number of fused-ring (bicyclic) bond motifs is 1. The van der Waals surface area contributed by atoms with Crippen molar-refractivity contribution in [2.45, 2.75) is 19.4 Å². The Labute approximate surface area is 86.2 Å². The van der Waals surface area contributed by atoms with Gasteiger partial charge in [0.15, 0.2) is 0 Å². The Bertz CT molecular complexity index is 338. The first-order valence-corrected chi connectivity index (χ1v) is 5.17. The fraction of sp³-hybridized carbons (Fsp3) is 0.400. The fourth-order valence-corrected chi connectivity index (χ4v) is 2.26. The second-order valence-corrected chi connectivity index (χ2v) is 4.21. The molecule has 0 fully saturated rings. The van der Waals surface area contributed by atoms with Crippen LogP contribution in [0.25, 0.3) is 0 Å². The van der Waals surface area contributed by atoms with Gasteiger partial charge in [0.25, 0.3) is 0 Å². The summed E-state index contributed by atoms with van der Waals surface area (Å²) in [5.41, 5.74) is 8.28. The molecule has 2 nitrogen and oxygen atoms in total. The molecule has 1 atom stereocenters. The van der Waals surface area contributed by atoms with Gasteiger partial charge in [-0.15, -0.1) is 0 Å². The summed E-state index contributed by atoms with van der Waals surface area (Å²) in [7, 11) is 0. The van der Waals surface area contributed by atoms with Crippen LogP contribution in [-0.2, 0) is 0 Å². The molecule has 1 aliphatic rings. The van der Waals surface area contributed by atoms with Crippen molar-refractivity contribution >= 4 is 15.9 Å². The van der Waals surface area contributed by atoms with Gasteiger partial charge in [-0.3, -0.25) is 0 Å². The van der Waals surface area contributed by atoms with E-state index in [1.807, 2.05) is 19.1 Å². The average Bonchev–Trinajstić information content (AvgIpc) is 2.12. The molecule has 0 bridgehead atoms. The van der Waals surface area contributed by atoms with Gasteiger partial charge >= 0.3 is 0 Å². The Kier molecular flexibility index (Phi) is 2.30. The Morgan fingerprint density at radius 1 is 1.54 bits per heavy atom. The van der Waals surface area contributed by atoms with Crippen LogP contribution in [0.5, 0.6) is 5.75 Å². The molecule has 1 aromatic rings. The van der Waals surface area contributed by atoms with E-state index < -0.39 is 0 Å². The Morgan fingerprint density at radius 3 is 3.00 bits per heavy atom. The third-order valence-electron chi connectivity index (χ3n) is 2.39. The zero-order chi connectivity index (χ0) is 9.42. The molecule has 0 unspecified atom stereocenters. The summed E-state index contributed by atoms with van der Waals surface area (Å²) in [6, 6.07) is 4.18. The van der Waals surface area contributed by atoms with Crippen LogP contribution in [0.4, 0.5) is 0 Å². The molecule has 0 aliphatic carbocycles. The first-order valence-electron chi connectivity index (χ1n) is 4.37. The summed E-state index contributed by atoms with van der Waals surface area (Å²) in [4.78, 5) is 0. The summed E-state index contributed by atoms with van der Waals surface area (Å²) in [5, 5.41) is 0. The van der Waals surface area contributed by atoms with E-state index in [-0.39, 0.29) is 6.04 Å². The predicted molar refractivity (Wildman–Crippen MR) is 55.9 cm³/mol. The minimum atomic E-state index is 0.109. The molecule has 3 heteroatoms. The summed E-state index contributed by atoms with van der Waals surface area (Å²) in [6.45, 7) is 2.77. The van der Waals surface area contributed by atoms with Crippen LogP contribution in [-0.4, -0.2) is 6.61 Å². The lowest BCUT2D eigenvalue weighted by Crippen LogP contribution is -2.21. The zero-order valence-corrected chi connectivity index (χ0v) is 9.10. The fourth-order valence-electron chi connectivity index (χ4n) is 1.65. The maximum atomic E-state index is 6.01. The molecular weight excluding hydrogens is 230 g/mol. The van der Waals surface area contributed by atoms with E-state index in [2.05, 4.69) is 15.9 Å². The van der Waals surface area contributed by atoms with E-state index in [0.29, 0.717) is 0 Å². The number of hydrogen-bond donors (Lipinski definition) is 1. The SMILES string of the molecule is Cc1ccc(Br)c2c1OCC[C@@H]2N. The van der Waals surface area contributed by atoms with E-state index >= 15 is 0 Å². The minimum Gasteiger partial charge on any atom is -0.493 e. The second-order valence-electron chi connectivity index (χ2n) is 3.35. The molecule has 0 saturated carbocycles. The van der Waals surface area contributed by atoms with Crippen LogP contribution in [0.1, 0.15) is 23.6 Å². The maximum Gasteiger partial charge on any atom is 0.128 e. The number of rotatable bonds is 0. The van der Waals surface area contributed by atoms with Crippen molar-refractivity contribution in [2.75, 3.05) is 6.61 Å². The van der Waals surface area contributed by atoms with Crippen molar-refractivity contribution in [3.63, 3.8) is 0 Å². The molecule has 1 heterocycles. The van der Waals surface area contributed by atoms with E-state index in [1.165, 1.54) is 0 Å². The lowest BCUT2D eigenvalue weighted by molar-refractivity contribution is 0.266. The Morgan fingerprint density at radius 2 is 2.31 bits per heavy atom. The van der Waals surface area contributed by atoms with Crippen molar-refractivity contribution in [3.8, 4) is 5.75 Å². The van der Waals surface area contributed by atoms with E-state index in [9.17, 15) is 0 Å². The van der Waals surface area contributed by atoms with Gasteiger partial charge in [-0.05, 0) is 18.6 Å². The molecule has 2 N–H and O–H groups in total. The first kappa shape index (κ1) is 9.03. The number of nitrogens with two attached hydrogens (primary N) is 1. The van der Waals surface area contributed by atoms with Gasteiger partial charge in [0.1, 0.15) is 5.75 Å². The van der Waals surface area contributed by atoms with Gasteiger partial charge < -0.3 is 10.5 Å². The van der Waals surface area contributed by atoms with Crippen LogP contribution in [0.15, 0.2) is 16.6 Å². The van der Waals surface area contributed by atoms with E-state index in [1.54, 1.807) is 0 Å². The highest BCUT2D eigenvalue weighted by molar-refractivity contribution is 9.10. The summed E-state index contributed by atoms with van der Waals surface area (Å²) in [6.07, 6.45) is 0.898. The number of halogens is 1. The van der Waals surface area contributed by atoms with Crippen LogP contribution in [0.2, 0.25) is 0 Å². The van der Waals surface area contributed by atoms with Crippen molar-refractivity contribution in [1.82, 2.24) is 0 Å². The summed E-state index contributed by atoms with van der Waals surface area (Å²) >= 11 is 3.50. The third-order valence-corrected chi connectivity index (χ3v) is 3.08. The quantitative estimate of drug-likeness (QED) is 0.758. The molecule has 2 rings (SSSR count). The highest BCUT2D eigenvalue weighted by Crippen LogP contribution is 2.38. The highest BCUT2D eigenvalue weighted by Gasteiger charge is 2.21. The lowest BCUT2D eigenvalue weighted by atomic mass is 9.99. The van der Waals surface area contributed by atoms with E-state index in [4.69, 9.17) is 10.5 Å². The lowest BCUT2D eigenvalue weighted by Gasteiger charge is -2.25. The van der Waals surface area contributed by atoms with Crippen molar-refractivity contribution in [2.24, 2.45) is 5.73 Å². The number of hydrogen-bond acceptors (Lipinski definition) is 2. The standard InChI is InChI=1S/C10H12BrNO/c1-6-2-3-7(11)9-8(12)4-5-13-10(6)9/h2-3,8H,4-5,12H2,1H3/t8-/m0/s1. The van der Waals surface area contributed by atoms with Gasteiger partial charge in [0.05, 0.1) is 6.61 Å². The highest BCUT2D eigenvalue weighted by atomic mass is 79.9. The molecule has 0 aromatic heterocycles. The van der Waals surface area contributed by atoms with Gasteiger partial charge in [-0.25, -0.2) is 0 Å².